The molecule has 4 nitrogen and oxygen atoms in total. The zero-order valence-corrected chi connectivity index (χ0v) is 9.81. The molecule has 1 aliphatic heterocycles. The lowest BCUT2D eigenvalue weighted by molar-refractivity contribution is -0.123. The molecule has 3 N–H and O–H groups in total. The number of amides is 1. The third kappa shape index (κ3) is 5.14. The Balaban J connectivity index is 1.98. The summed E-state index contributed by atoms with van der Waals surface area (Å²) in [7, 11) is 0. The van der Waals surface area contributed by atoms with Gasteiger partial charge in [0.2, 0.25) is 5.91 Å². The lowest BCUT2D eigenvalue weighted by Crippen LogP contribution is -2.43. The molecule has 1 amide bonds. The molecule has 0 atom stereocenters. The predicted molar refractivity (Wildman–Crippen MR) is 61.7 cm³/mol. The summed E-state index contributed by atoms with van der Waals surface area (Å²) in [5, 5.41) is 9.69. The topological polar surface area (TPSA) is 53.2 Å². The smallest absolute Gasteiger partial charge is 0.222 e. The highest BCUT2D eigenvalue weighted by molar-refractivity contribution is 5.77. The second-order valence-corrected chi connectivity index (χ2v) is 4.42. The maximum Gasteiger partial charge on any atom is 0.222 e. The monoisotopic (exact) mass is 213 g/mol. The molecule has 1 saturated heterocycles. The molecule has 0 bridgehead atoms. The number of carbonyl (C=O) groups excluding carboxylic acids is 1. The van der Waals surface area contributed by atoms with Crippen molar-refractivity contribution in [2.75, 3.05) is 26.2 Å². The zero-order valence-electron chi connectivity index (χ0n) is 9.81. The van der Waals surface area contributed by atoms with E-state index in [0.717, 1.165) is 26.2 Å². The van der Waals surface area contributed by atoms with Gasteiger partial charge < -0.3 is 16.0 Å². The Hall–Kier alpha value is -0.610. The van der Waals surface area contributed by atoms with Crippen molar-refractivity contribution in [3.8, 4) is 0 Å². The van der Waals surface area contributed by atoms with Gasteiger partial charge in [-0.05, 0) is 25.9 Å². The summed E-state index contributed by atoms with van der Waals surface area (Å²) in [6, 6.07) is 0.627. The van der Waals surface area contributed by atoms with Crippen LogP contribution in [0.15, 0.2) is 0 Å². The van der Waals surface area contributed by atoms with Crippen LogP contribution in [0.5, 0.6) is 0 Å². The first kappa shape index (κ1) is 12.5. The van der Waals surface area contributed by atoms with E-state index in [1.165, 1.54) is 12.8 Å². The minimum absolute atomic E-state index is 0.0869. The Kier molecular flexibility index (Phi) is 5.65. The number of hydrogen-bond acceptors (Lipinski definition) is 3. The van der Waals surface area contributed by atoms with Gasteiger partial charge in [0.25, 0.3) is 0 Å². The van der Waals surface area contributed by atoms with Gasteiger partial charge in [-0.2, -0.15) is 0 Å². The highest BCUT2D eigenvalue weighted by Gasteiger charge is 2.11. The molecular weight excluding hydrogens is 190 g/mol. The van der Waals surface area contributed by atoms with E-state index in [4.69, 9.17) is 0 Å². The van der Waals surface area contributed by atoms with Crippen LogP contribution in [0.25, 0.3) is 0 Å². The Labute approximate surface area is 92.2 Å². The molecule has 0 unspecified atom stereocenters. The van der Waals surface area contributed by atoms with Crippen molar-refractivity contribution in [1.29, 1.82) is 0 Å². The van der Waals surface area contributed by atoms with E-state index in [1.807, 2.05) is 13.8 Å². The first-order chi connectivity index (χ1) is 7.20. The van der Waals surface area contributed by atoms with Gasteiger partial charge in [0, 0.05) is 25.0 Å². The number of carbonyl (C=O) groups is 1. The maximum absolute atomic E-state index is 11.2. The quantitative estimate of drug-likeness (QED) is 0.568. The van der Waals surface area contributed by atoms with Crippen LogP contribution >= 0.6 is 0 Å². The van der Waals surface area contributed by atoms with Crippen LogP contribution < -0.4 is 16.0 Å². The van der Waals surface area contributed by atoms with Crippen LogP contribution in [-0.4, -0.2) is 38.1 Å². The summed E-state index contributed by atoms with van der Waals surface area (Å²) >= 11 is 0. The average Bonchev–Trinajstić information content (AvgIpc) is 2.25. The minimum atomic E-state index is 0.0869. The molecule has 0 aliphatic carbocycles. The average molecular weight is 213 g/mol. The van der Waals surface area contributed by atoms with Gasteiger partial charge in [-0.3, -0.25) is 4.79 Å². The fourth-order valence-corrected chi connectivity index (χ4v) is 1.69. The fraction of sp³-hybridized carbons (Fsp3) is 0.909. The summed E-state index contributed by atoms with van der Waals surface area (Å²) in [5.41, 5.74) is 0. The first-order valence-corrected chi connectivity index (χ1v) is 5.92. The third-order valence-corrected chi connectivity index (χ3v) is 2.72. The van der Waals surface area contributed by atoms with Crippen molar-refractivity contribution in [1.82, 2.24) is 16.0 Å². The van der Waals surface area contributed by atoms with Crippen LogP contribution in [0.2, 0.25) is 0 Å². The molecule has 0 aromatic rings. The lowest BCUT2D eigenvalue weighted by Gasteiger charge is -2.23. The molecule has 1 rings (SSSR count). The molecule has 88 valence electrons. The number of nitrogens with one attached hydrogen (secondary N) is 3. The predicted octanol–water partition coefficient (Wildman–Crippen LogP) is 0.100. The number of hydrogen-bond donors (Lipinski definition) is 3. The van der Waals surface area contributed by atoms with Crippen LogP contribution in [0.1, 0.15) is 26.7 Å². The summed E-state index contributed by atoms with van der Waals surface area (Å²) in [6.07, 6.45) is 2.39. The van der Waals surface area contributed by atoms with Crippen molar-refractivity contribution in [3.63, 3.8) is 0 Å². The SMILES string of the molecule is CC(C)C(=O)NCCNC1CCNCC1. The molecule has 0 aromatic heterocycles. The van der Waals surface area contributed by atoms with E-state index in [0.29, 0.717) is 6.04 Å². The largest absolute Gasteiger partial charge is 0.355 e. The molecule has 4 heteroatoms. The molecule has 0 spiro atoms. The molecule has 0 radical (unpaired) electrons. The molecular formula is C11H23N3O. The number of piperidine rings is 1. The van der Waals surface area contributed by atoms with Gasteiger partial charge in [-0.1, -0.05) is 13.8 Å². The standard InChI is InChI=1S/C11H23N3O/c1-9(2)11(15)14-8-7-13-10-3-5-12-6-4-10/h9-10,12-13H,3-8H2,1-2H3,(H,14,15). The zero-order chi connectivity index (χ0) is 11.1. The summed E-state index contributed by atoms with van der Waals surface area (Å²) < 4.78 is 0. The summed E-state index contributed by atoms with van der Waals surface area (Å²) in [5.74, 6) is 0.228. The second-order valence-electron chi connectivity index (χ2n) is 4.42. The van der Waals surface area contributed by atoms with E-state index in [1.54, 1.807) is 0 Å². The fourth-order valence-electron chi connectivity index (χ4n) is 1.69. The Bertz CT molecular complexity index is 188. The first-order valence-electron chi connectivity index (χ1n) is 5.92. The van der Waals surface area contributed by atoms with E-state index >= 15 is 0 Å². The van der Waals surface area contributed by atoms with E-state index < -0.39 is 0 Å². The van der Waals surface area contributed by atoms with E-state index in [9.17, 15) is 4.79 Å². The van der Waals surface area contributed by atoms with Gasteiger partial charge in [-0.15, -0.1) is 0 Å². The van der Waals surface area contributed by atoms with Gasteiger partial charge in [0.15, 0.2) is 0 Å². The lowest BCUT2D eigenvalue weighted by atomic mass is 10.1. The normalized spacial score (nSPS) is 18.1. The third-order valence-electron chi connectivity index (χ3n) is 2.72. The van der Waals surface area contributed by atoms with Crippen molar-refractivity contribution >= 4 is 5.91 Å². The van der Waals surface area contributed by atoms with Crippen LogP contribution in [0.3, 0.4) is 0 Å². The maximum atomic E-state index is 11.2. The Morgan fingerprint density at radius 3 is 2.60 bits per heavy atom. The van der Waals surface area contributed by atoms with Gasteiger partial charge in [-0.25, -0.2) is 0 Å². The van der Waals surface area contributed by atoms with Crippen molar-refractivity contribution in [3.05, 3.63) is 0 Å². The summed E-state index contributed by atoms with van der Waals surface area (Å²) in [4.78, 5) is 11.2. The van der Waals surface area contributed by atoms with Gasteiger partial charge in [0.1, 0.15) is 0 Å². The van der Waals surface area contributed by atoms with E-state index in [2.05, 4.69) is 16.0 Å². The Morgan fingerprint density at radius 2 is 2.00 bits per heavy atom. The molecule has 0 saturated carbocycles. The minimum Gasteiger partial charge on any atom is -0.355 e. The molecule has 0 aromatic carbocycles. The highest BCUT2D eigenvalue weighted by Crippen LogP contribution is 2.00. The molecule has 1 aliphatic rings. The molecule has 1 heterocycles. The van der Waals surface area contributed by atoms with Crippen LogP contribution in [-0.2, 0) is 4.79 Å². The van der Waals surface area contributed by atoms with Crippen molar-refractivity contribution in [2.24, 2.45) is 5.92 Å². The Morgan fingerprint density at radius 1 is 1.33 bits per heavy atom. The molecule has 15 heavy (non-hydrogen) atoms. The van der Waals surface area contributed by atoms with Gasteiger partial charge in [0.05, 0.1) is 0 Å². The van der Waals surface area contributed by atoms with Crippen LogP contribution in [0.4, 0.5) is 0 Å². The molecule has 1 fully saturated rings. The number of rotatable bonds is 5. The van der Waals surface area contributed by atoms with Crippen molar-refractivity contribution in [2.45, 2.75) is 32.7 Å². The van der Waals surface area contributed by atoms with Gasteiger partial charge >= 0.3 is 0 Å². The van der Waals surface area contributed by atoms with Crippen LogP contribution in [0, 0.1) is 5.92 Å². The second kappa shape index (κ2) is 6.80. The summed E-state index contributed by atoms with van der Waals surface area (Å²) in [6.45, 7) is 7.65. The highest BCUT2D eigenvalue weighted by atomic mass is 16.1. The van der Waals surface area contributed by atoms with Crippen molar-refractivity contribution < 1.29 is 4.79 Å². The van der Waals surface area contributed by atoms with E-state index in [-0.39, 0.29) is 11.8 Å².